The molecule has 1 radical (unpaired) electrons. The minimum Gasteiger partial charge on any atom is -0.130 e. The Hall–Kier alpha value is 0.570. The molecule has 0 unspecified atom stereocenters. The van der Waals surface area contributed by atoms with Crippen molar-refractivity contribution in [3.05, 3.63) is 23.6 Å². The van der Waals surface area contributed by atoms with Crippen LogP contribution in [0.25, 0.3) is 0 Å². The van der Waals surface area contributed by atoms with Gasteiger partial charge in [0.15, 0.2) is 0 Å². The van der Waals surface area contributed by atoms with Crippen LogP contribution in [0.1, 0.15) is 0 Å². The van der Waals surface area contributed by atoms with Crippen LogP contribution in [0.4, 0.5) is 0 Å². The van der Waals surface area contributed by atoms with E-state index in [1.807, 2.05) is 17.8 Å². The molecule has 1 heterocycles. The van der Waals surface area contributed by atoms with Crippen molar-refractivity contribution in [1.29, 1.82) is 0 Å². The van der Waals surface area contributed by atoms with Gasteiger partial charge in [0.1, 0.15) is 0 Å². The SMILES string of the molecule is C1=CCSC=C1.[Nb]. The van der Waals surface area contributed by atoms with E-state index in [0.29, 0.717) is 0 Å². The van der Waals surface area contributed by atoms with Crippen LogP contribution in [-0.4, -0.2) is 5.75 Å². The molecule has 0 atom stereocenters. The topological polar surface area (TPSA) is 0 Å². The third-order valence-electron chi connectivity index (χ3n) is 0.614. The van der Waals surface area contributed by atoms with E-state index in [1.165, 1.54) is 0 Å². The molecule has 0 aromatic carbocycles. The van der Waals surface area contributed by atoms with Gasteiger partial charge in [-0.15, -0.1) is 11.8 Å². The van der Waals surface area contributed by atoms with Crippen molar-refractivity contribution >= 4 is 11.8 Å². The first-order chi connectivity index (χ1) is 3.00. The molecule has 0 nitrogen and oxygen atoms in total. The van der Waals surface area contributed by atoms with Crippen LogP contribution in [0.15, 0.2) is 23.6 Å². The van der Waals surface area contributed by atoms with E-state index in [1.54, 1.807) is 0 Å². The Morgan fingerprint density at radius 3 is 2.29 bits per heavy atom. The Morgan fingerprint density at radius 2 is 2.14 bits per heavy atom. The Balaban J connectivity index is 0.000000360. The first-order valence-electron chi connectivity index (χ1n) is 1.93. The monoisotopic (exact) mass is 191 g/mol. The van der Waals surface area contributed by atoms with Crippen molar-refractivity contribution in [2.24, 2.45) is 0 Å². The van der Waals surface area contributed by atoms with Gasteiger partial charge in [0.2, 0.25) is 0 Å². The molecule has 0 fully saturated rings. The molecule has 0 saturated carbocycles. The molecule has 0 aromatic rings. The fourth-order valence-corrected chi connectivity index (χ4v) is 0.881. The quantitative estimate of drug-likeness (QED) is 0.526. The Morgan fingerprint density at radius 1 is 1.29 bits per heavy atom. The van der Waals surface area contributed by atoms with Crippen molar-refractivity contribution in [2.45, 2.75) is 0 Å². The van der Waals surface area contributed by atoms with Crippen molar-refractivity contribution in [1.82, 2.24) is 0 Å². The largest absolute Gasteiger partial charge is 0.130 e. The summed E-state index contributed by atoms with van der Waals surface area (Å²) < 4.78 is 0. The minimum atomic E-state index is 0. The molecule has 1 rings (SSSR count). The van der Waals surface area contributed by atoms with Gasteiger partial charge >= 0.3 is 0 Å². The summed E-state index contributed by atoms with van der Waals surface area (Å²) in [5.41, 5.74) is 0. The summed E-state index contributed by atoms with van der Waals surface area (Å²) in [6, 6.07) is 0. The third-order valence-corrected chi connectivity index (χ3v) is 1.35. The Labute approximate surface area is 63.6 Å². The Bertz CT molecular complexity index is 74.1. The molecule has 1 aliphatic heterocycles. The van der Waals surface area contributed by atoms with Gasteiger partial charge < -0.3 is 0 Å². The van der Waals surface area contributed by atoms with Crippen LogP contribution >= 0.6 is 11.8 Å². The Kier molecular flexibility index (Phi) is 5.11. The molecule has 0 N–H and O–H groups in total. The van der Waals surface area contributed by atoms with Gasteiger partial charge in [-0.2, -0.15) is 0 Å². The maximum Gasteiger partial charge on any atom is 0.0157 e. The van der Waals surface area contributed by atoms with Gasteiger partial charge in [-0.05, 0) is 5.41 Å². The fourth-order valence-electron chi connectivity index (χ4n) is 0.346. The predicted octanol–water partition coefficient (Wildman–Crippen LogP) is 1.80. The van der Waals surface area contributed by atoms with E-state index < -0.39 is 0 Å². The average molecular weight is 191 g/mol. The van der Waals surface area contributed by atoms with E-state index in [2.05, 4.69) is 17.6 Å². The van der Waals surface area contributed by atoms with Crippen LogP contribution in [0.5, 0.6) is 0 Å². The fraction of sp³-hybridized carbons (Fsp3) is 0.200. The number of hydrogen-bond acceptors (Lipinski definition) is 1. The summed E-state index contributed by atoms with van der Waals surface area (Å²) in [6.07, 6.45) is 6.26. The first-order valence-corrected chi connectivity index (χ1v) is 2.98. The van der Waals surface area contributed by atoms with Crippen molar-refractivity contribution in [3.8, 4) is 0 Å². The number of rotatable bonds is 0. The molecule has 0 saturated heterocycles. The van der Waals surface area contributed by atoms with E-state index >= 15 is 0 Å². The zero-order valence-electron chi connectivity index (χ0n) is 3.87. The molecule has 1 aliphatic rings. The molecular formula is C5H6NbS. The number of hydrogen-bond donors (Lipinski definition) is 0. The molecule has 7 heavy (non-hydrogen) atoms. The molecule has 0 aliphatic carbocycles. The van der Waals surface area contributed by atoms with Crippen molar-refractivity contribution in [2.75, 3.05) is 5.75 Å². The second-order valence-corrected chi connectivity index (χ2v) is 2.03. The summed E-state index contributed by atoms with van der Waals surface area (Å²) in [7, 11) is 0. The van der Waals surface area contributed by atoms with Crippen LogP contribution in [0, 0.1) is 0 Å². The van der Waals surface area contributed by atoms with Gasteiger partial charge in [-0.1, -0.05) is 18.2 Å². The van der Waals surface area contributed by atoms with E-state index in [9.17, 15) is 0 Å². The van der Waals surface area contributed by atoms with Gasteiger partial charge in [0, 0.05) is 28.1 Å². The molecule has 2 heteroatoms. The van der Waals surface area contributed by atoms with Crippen LogP contribution in [0.2, 0.25) is 0 Å². The zero-order valence-corrected chi connectivity index (χ0v) is 6.89. The molecule has 37 valence electrons. The third kappa shape index (κ3) is 3.18. The summed E-state index contributed by atoms with van der Waals surface area (Å²) in [5.74, 6) is 1.15. The van der Waals surface area contributed by atoms with Gasteiger partial charge in [-0.3, -0.25) is 0 Å². The normalized spacial score (nSPS) is 16.0. The minimum absolute atomic E-state index is 0. The number of thioether (sulfide) groups is 1. The molecule has 0 amide bonds. The smallest absolute Gasteiger partial charge is 0.0157 e. The van der Waals surface area contributed by atoms with Crippen LogP contribution in [-0.2, 0) is 22.4 Å². The summed E-state index contributed by atoms with van der Waals surface area (Å²) in [6.45, 7) is 0. The van der Waals surface area contributed by atoms with Gasteiger partial charge in [-0.25, -0.2) is 0 Å². The van der Waals surface area contributed by atoms with Crippen LogP contribution in [0.3, 0.4) is 0 Å². The summed E-state index contributed by atoms with van der Waals surface area (Å²) in [5, 5.41) is 2.10. The standard InChI is InChI=1S/C5H6S.Nb/c1-2-4-6-5-3-1;/h1-4H,5H2;. The summed E-state index contributed by atoms with van der Waals surface area (Å²) in [4.78, 5) is 0. The average Bonchev–Trinajstić information content (AvgIpc) is 1.72. The number of allylic oxidation sites excluding steroid dienone is 2. The second-order valence-electron chi connectivity index (χ2n) is 1.09. The molecule has 0 spiro atoms. The summed E-state index contributed by atoms with van der Waals surface area (Å²) >= 11 is 1.83. The van der Waals surface area contributed by atoms with E-state index in [0.717, 1.165) is 5.75 Å². The zero-order chi connectivity index (χ0) is 4.24. The maximum atomic E-state index is 2.14. The van der Waals surface area contributed by atoms with Crippen molar-refractivity contribution in [3.63, 3.8) is 0 Å². The van der Waals surface area contributed by atoms with Gasteiger partial charge in [0.25, 0.3) is 0 Å². The van der Waals surface area contributed by atoms with Crippen LogP contribution < -0.4 is 0 Å². The molecular weight excluding hydrogens is 185 g/mol. The first kappa shape index (κ1) is 7.57. The molecule has 0 bridgehead atoms. The van der Waals surface area contributed by atoms with Gasteiger partial charge in [0.05, 0.1) is 0 Å². The van der Waals surface area contributed by atoms with E-state index in [4.69, 9.17) is 0 Å². The van der Waals surface area contributed by atoms with E-state index in [-0.39, 0.29) is 22.4 Å². The second kappa shape index (κ2) is 4.72. The predicted molar refractivity (Wildman–Crippen MR) is 30.7 cm³/mol. The maximum absolute atomic E-state index is 2.14. The molecule has 0 aromatic heterocycles. The van der Waals surface area contributed by atoms with Crippen molar-refractivity contribution < 1.29 is 22.4 Å².